The Morgan fingerprint density at radius 2 is 1.91 bits per heavy atom. The van der Waals surface area contributed by atoms with Gasteiger partial charge < -0.3 is 14.1 Å². The number of nitrogens with zero attached hydrogens (tertiary/aromatic N) is 4. The lowest BCUT2D eigenvalue weighted by atomic mass is 10.1. The Hall–Kier alpha value is -3.10. The zero-order chi connectivity index (χ0) is 23.8. The molecule has 0 spiro atoms. The number of thioether (sulfide) groups is 1. The van der Waals surface area contributed by atoms with Crippen molar-refractivity contribution in [3.05, 3.63) is 80.4 Å². The minimum absolute atomic E-state index is 0.0494. The van der Waals surface area contributed by atoms with Gasteiger partial charge in [-0.15, -0.1) is 9.24 Å². The van der Waals surface area contributed by atoms with Gasteiger partial charge >= 0.3 is 11.7 Å². The van der Waals surface area contributed by atoms with Crippen LogP contribution in [0.2, 0.25) is 0 Å². The zero-order valence-electron chi connectivity index (χ0n) is 18.0. The molecule has 0 aliphatic rings. The largest absolute Gasteiger partial charge is 0.465 e. The van der Waals surface area contributed by atoms with Crippen molar-refractivity contribution in [3.63, 3.8) is 0 Å². The number of rotatable bonds is 10. The van der Waals surface area contributed by atoms with Gasteiger partial charge in [0.1, 0.15) is 12.8 Å². The molecule has 0 aliphatic carbocycles. The van der Waals surface area contributed by atoms with Gasteiger partial charge in [0.25, 0.3) is 5.56 Å². The monoisotopic (exact) mass is 486 g/mol. The van der Waals surface area contributed by atoms with E-state index in [1.54, 1.807) is 17.7 Å². The maximum Gasteiger partial charge on any atom is 0.348 e. The van der Waals surface area contributed by atoms with E-state index in [-0.39, 0.29) is 26.1 Å². The number of aromatic nitrogens is 4. The number of aldehydes is 1. The van der Waals surface area contributed by atoms with Gasteiger partial charge in [-0.3, -0.25) is 14.2 Å². The van der Waals surface area contributed by atoms with Crippen LogP contribution < -0.4 is 16.6 Å². The van der Waals surface area contributed by atoms with E-state index in [1.807, 2.05) is 24.3 Å². The number of esters is 1. The minimum atomic E-state index is -0.593. The first kappa shape index (κ1) is 24.5. The van der Waals surface area contributed by atoms with Gasteiger partial charge in [0.15, 0.2) is 5.16 Å². The van der Waals surface area contributed by atoms with Gasteiger partial charge in [-0.25, -0.2) is 9.78 Å². The summed E-state index contributed by atoms with van der Waals surface area (Å²) in [7, 11) is 2.63. The second kappa shape index (κ2) is 11.7. The average Bonchev–Trinajstić information content (AvgIpc) is 2.78. The second-order valence-electron chi connectivity index (χ2n) is 7.06. The summed E-state index contributed by atoms with van der Waals surface area (Å²) in [5, 5.41) is 1.52. The minimum Gasteiger partial charge on any atom is -0.465 e. The van der Waals surface area contributed by atoms with Crippen molar-refractivity contribution in [2.24, 2.45) is 0 Å². The molecule has 9 nitrogen and oxygen atoms in total. The third-order valence-electron chi connectivity index (χ3n) is 4.56. The molecule has 33 heavy (non-hydrogen) atoms. The highest BCUT2D eigenvalue weighted by Gasteiger charge is 2.12. The van der Waals surface area contributed by atoms with Crippen LogP contribution in [0.3, 0.4) is 0 Å². The standard InChI is InChI=1S/C22H23N4O5PS/c1-2-31-19(28)13-26-11-16(10-23-21(26)30)9-17-12-25(7-8-27)22(24-20(17)29)33-14-15-3-5-18(32)6-4-15/h3-6,8,10-12H,2,7,9,13-14,32H2,1H3. The summed E-state index contributed by atoms with van der Waals surface area (Å²) in [6.45, 7) is 1.66. The van der Waals surface area contributed by atoms with Crippen molar-refractivity contribution in [1.82, 2.24) is 19.1 Å². The average molecular weight is 486 g/mol. The zero-order valence-corrected chi connectivity index (χ0v) is 19.9. The predicted octanol–water partition coefficient (Wildman–Crippen LogP) is 0.946. The number of ether oxygens (including phenoxy) is 1. The van der Waals surface area contributed by atoms with E-state index in [0.29, 0.717) is 22.0 Å². The summed E-state index contributed by atoms with van der Waals surface area (Å²) in [6.07, 6.45) is 5.30. The first-order valence-corrected chi connectivity index (χ1v) is 11.7. The number of carbonyl (C=O) groups is 2. The molecule has 11 heteroatoms. The summed E-state index contributed by atoms with van der Waals surface area (Å²) in [6, 6.07) is 7.93. The van der Waals surface area contributed by atoms with E-state index in [2.05, 4.69) is 19.2 Å². The molecule has 0 N–H and O–H groups in total. The molecule has 1 atom stereocenters. The van der Waals surface area contributed by atoms with E-state index in [9.17, 15) is 19.2 Å². The van der Waals surface area contributed by atoms with E-state index in [4.69, 9.17) is 4.74 Å². The van der Waals surface area contributed by atoms with Gasteiger partial charge in [-0.1, -0.05) is 36.0 Å². The SMILES string of the molecule is CCOC(=O)Cn1cc(Cc2cn(CC=O)c(SCc3ccc(P)cc3)nc2=O)cnc1=O. The van der Waals surface area contributed by atoms with Gasteiger partial charge in [0, 0.05) is 36.3 Å². The van der Waals surface area contributed by atoms with Crippen LogP contribution in [0.1, 0.15) is 23.6 Å². The van der Waals surface area contributed by atoms with Gasteiger partial charge in [-0.2, -0.15) is 4.98 Å². The summed E-state index contributed by atoms with van der Waals surface area (Å²) >= 11 is 1.37. The van der Waals surface area contributed by atoms with Gasteiger partial charge in [0.2, 0.25) is 0 Å². The summed E-state index contributed by atoms with van der Waals surface area (Å²) in [5.74, 6) is 0.0421. The highest BCUT2D eigenvalue weighted by Crippen LogP contribution is 2.20. The molecule has 3 aromatic rings. The van der Waals surface area contributed by atoms with Crippen LogP contribution in [0, 0.1) is 0 Å². The molecule has 0 saturated carbocycles. The second-order valence-corrected chi connectivity index (χ2v) is 8.67. The Kier molecular flexibility index (Phi) is 8.68. The fourth-order valence-electron chi connectivity index (χ4n) is 3.00. The Balaban J connectivity index is 1.82. The van der Waals surface area contributed by atoms with E-state index >= 15 is 0 Å². The molecule has 2 heterocycles. The van der Waals surface area contributed by atoms with Crippen LogP contribution in [-0.2, 0) is 39.6 Å². The Labute approximate surface area is 196 Å². The summed E-state index contributed by atoms with van der Waals surface area (Å²) in [5.41, 5.74) is 0.940. The van der Waals surface area contributed by atoms with E-state index < -0.39 is 17.2 Å². The molecule has 0 amide bonds. The van der Waals surface area contributed by atoms with Crippen LogP contribution in [0.5, 0.6) is 0 Å². The molecule has 0 aliphatic heterocycles. The molecule has 1 unspecified atom stereocenters. The summed E-state index contributed by atoms with van der Waals surface area (Å²) in [4.78, 5) is 55.5. The quantitative estimate of drug-likeness (QED) is 0.137. The third kappa shape index (κ3) is 6.94. The van der Waals surface area contributed by atoms with E-state index in [1.165, 1.54) is 24.2 Å². The normalized spacial score (nSPS) is 10.7. The molecule has 3 rings (SSSR count). The third-order valence-corrected chi connectivity index (χ3v) is 6.00. The smallest absolute Gasteiger partial charge is 0.348 e. The van der Waals surface area contributed by atoms with Crippen molar-refractivity contribution in [2.45, 2.75) is 37.3 Å². The highest BCUT2D eigenvalue weighted by molar-refractivity contribution is 7.98. The molecular formula is C22H23N4O5PS. The van der Waals surface area contributed by atoms with Crippen LogP contribution in [0.15, 0.2) is 57.6 Å². The first-order chi connectivity index (χ1) is 15.9. The van der Waals surface area contributed by atoms with Crippen molar-refractivity contribution >= 4 is 38.6 Å². The number of carbonyl (C=O) groups excluding carboxylic acids is 2. The van der Waals surface area contributed by atoms with Crippen molar-refractivity contribution in [3.8, 4) is 0 Å². The van der Waals surface area contributed by atoms with Crippen LogP contribution in [0.4, 0.5) is 0 Å². The first-order valence-electron chi connectivity index (χ1n) is 10.1. The fraction of sp³-hybridized carbons (Fsp3) is 0.273. The fourth-order valence-corrected chi connectivity index (χ4v) is 4.12. The maximum atomic E-state index is 12.7. The molecule has 2 aromatic heterocycles. The highest BCUT2D eigenvalue weighted by atomic mass is 32.2. The van der Waals surface area contributed by atoms with Crippen LogP contribution in [-0.4, -0.2) is 38.0 Å². The van der Waals surface area contributed by atoms with Gasteiger partial charge in [-0.05, 0) is 23.4 Å². The van der Waals surface area contributed by atoms with Crippen molar-refractivity contribution in [2.75, 3.05) is 6.61 Å². The topological polar surface area (TPSA) is 113 Å². The molecule has 0 bridgehead atoms. The van der Waals surface area contributed by atoms with Crippen molar-refractivity contribution in [1.29, 1.82) is 0 Å². The van der Waals surface area contributed by atoms with Crippen LogP contribution >= 0.6 is 21.0 Å². The molecular weight excluding hydrogens is 463 g/mol. The van der Waals surface area contributed by atoms with Crippen molar-refractivity contribution < 1.29 is 14.3 Å². The number of hydrogen-bond acceptors (Lipinski definition) is 8. The molecule has 172 valence electrons. The lowest BCUT2D eigenvalue weighted by Crippen LogP contribution is -2.27. The number of hydrogen-bond donors (Lipinski definition) is 0. The van der Waals surface area contributed by atoms with Crippen LogP contribution in [0.25, 0.3) is 0 Å². The Bertz CT molecular complexity index is 1260. The molecule has 0 saturated heterocycles. The lowest BCUT2D eigenvalue weighted by Gasteiger charge is -2.12. The van der Waals surface area contributed by atoms with Gasteiger partial charge in [0.05, 0.1) is 13.2 Å². The predicted molar refractivity (Wildman–Crippen MR) is 128 cm³/mol. The lowest BCUT2D eigenvalue weighted by molar-refractivity contribution is -0.143. The van der Waals surface area contributed by atoms with E-state index in [0.717, 1.165) is 21.7 Å². The summed E-state index contributed by atoms with van der Waals surface area (Å²) < 4.78 is 7.63. The maximum absolute atomic E-state index is 12.7. The molecule has 0 radical (unpaired) electrons. The molecule has 1 aromatic carbocycles. The number of benzene rings is 1. The Morgan fingerprint density at radius 1 is 1.15 bits per heavy atom. The molecule has 0 fully saturated rings. The Morgan fingerprint density at radius 3 is 2.61 bits per heavy atom.